The molecule has 3 rings (SSSR count). The number of carbonyl (C=O) groups excluding carboxylic acids is 1. The van der Waals surface area contributed by atoms with Crippen molar-refractivity contribution in [1.82, 2.24) is 5.32 Å². The van der Waals surface area contributed by atoms with Crippen LogP contribution in [0.4, 0.5) is 10.1 Å². The highest BCUT2D eigenvalue weighted by molar-refractivity contribution is 6.30. The van der Waals surface area contributed by atoms with Crippen LogP contribution in [0.15, 0.2) is 30.2 Å². The third-order valence-corrected chi connectivity index (χ3v) is 3.97. The van der Waals surface area contributed by atoms with E-state index in [1.165, 1.54) is 18.4 Å². The first-order chi connectivity index (χ1) is 10.6. The largest absolute Gasteiger partial charge is 0.494 e. The van der Waals surface area contributed by atoms with Crippen molar-refractivity contribution in [2.75, 3.05) is 31.2 Å². The Morgan fingerprint density at radius 1 is 1.41 bits per heavy atom. The molecule has 2 aliphatic heterocycles. The molecule has 0 aliphatic carbocycles. The van der Waals surface area contributed by atoms with Gasteiger partial charge in [0.1, 0.15) is 25.3 Å². The Hall–Kier alpha value is -1.95. The quantitative estimate of drug-likeness (QED) is 0.924. The smallest absolute Gasteiger partial charge is 0.289 e. The highest BCUT2D eigenvalue weighted by Crippen LogP contribution is 2.25. The summed E-state index contributed by atoms with van der Waals surface area (Å²) in [6.45, 7) is 2.18. The topological polar surface area (TPSA) is 50.8 Å². The molecule has 1 N–H and O–H groups in total. The Kier molecular flexibility index (Phi) is 4.38. The van der Waals surface area contributed by atoms with Crippen LogP contribution in [0.1, 0.15) is 6.42 Å². The van der Waals surface area contributed by atoms with Gasteiger partial charge in [0.2, 0.25) is 5.76 Å². The van der Waals surface area contributed by atoms with Gasteiger partial charge in [0.25, 0.3) is 5.91 Å². The van der Waals surface area contributed by atoms with Crippen LogP contribution in [0.3, 0.4) is 0 Å². The van der Waals surface area contributed by atoms with E-state index in [2.05, 4.69) is 5.32 Å². The highest BCUT2D eigenvalue weighted by Gasteiger charge is 2.26. The minimum absolute atomic E-state index is 0.0161. The van der Waals surface area contributed by atoms with Gasteiger partial charge in [-0.1, -0.05) is 11.6 Å². The van der Waals surface area contributed by atoms with Crippen LogP contribution in [-0.2, 0) is 14.3 Å². The summed E-state index contributed by atoms with van der Waals surface area (Å²) in [5.74, 6) is -0.527. The van der Waals surface area contributed by atoms with Crippen molar-refractivity contribution in [1.29, 1.82) is 0 Å². The van der Waals surface area contributed by atoms with Crippen molar-refractivity contribution < 1.29 is 18.7 Å². The summed E-state index contributed by atoms with van der Waals surface area (Å²) in [5.41, 5.74) is 0.759. The van der Waals surface area contributed by atoms with E-state index in [9.17, 15) is 9.18 Å². The average Bonchev–Trinajstić information content (AvgIpc) is 2.99. The number of nitrogens with one attached hydrogen (secondary N) is 1. The van der Waals surface area contributed by atoms with Crippen LogP contribution in [0.2, 0.25) is 5.02 Å². The zero-order valence-corrected chi connectivity index (χ0v) is 12.6. The van der Waals surface area contributed by atoms with Gasteiger partial charge >= 0.3 is 0 Å². The first kappa shape index (κ1) is 15.0. The summed E-state index contributed by atoms with van der Waals surface area (Å²) in [5, 5.41) is 3.01. The predicted molar refractivity (Wildman–Crippen MR) is 80.2 cm³/mol. The Morgan fingerprint density at radius 3 is 3.00 bits per heavy atom. The first-order valence-corrected chi connectivity index (χ1v) is 7.47. The van der Waals surface area contributed by atoms with Crippen LogP contribution in [0.25, 0.3) is 0 Å². The summed E-state index contributed by atoms with van der Waals surface area (Å²) in [7, 11) is 0. The summed E-state index contributed by atoms with van der Waals surface area (Å²) in [6.07, 6.45) is 2.12. The molecule has 1 aromatic carbocycles. The molecule has 7 heteroatoms. The lowest BCUT2D eigenvalue weighted by atomic mass is 10.2. The van der Waals surface area contributed by atoms with Crippen molar-refractivity contribution in [3.8, 4) is 0 Å². The number of amides is 1. The van der Waals surface area contributed by atoms with Gasteiger partial charge in [-0.25, -0.2) is 4.39 Å². The van der Waals surface area contributed by atoms with E-state index >= 15 is 0 Å². The lowest BCUT2D eigenvalue weighted by molar-refractivity contribution is -0.122. The van der Waals surface area contributed by atoms with Crippen LogP contribution >= 0.6 is 11.6 Å². The van der Waals surface area contributed by atoms with Crippen molar-refractivity contribution in [2.24, 2.45) is 0 Å². The molecule has 1 saturated heterocycles. The molecule has 0 unspecified atom stereocenters. The van der Waals surface area contributed by atoms with Gasteiger partial charge in [0, 0.05) is 24.8 Å². The molecule has 0 radical (unpaired) electrons. The third-order valence-electron chi connectivity index (χ3n) is 3.66. The first-order valence-electron chi connectivity index (χ1n) is 7.09. The van der Waals surface area contributed by atoms with Gasteiger partial charge in [-0.3, -0.25) is 4.79 Å². The van der Waals surface area contributed by atoms with E-state index in [1.807, 2.05) is 4.90 Å². The highest BCUT2D eigenvalue weighted by atomic mass is 35.5. The minimum Gasteiger partial charge on any atom is -0.494 e. The molecule has 0 aromatic heterocycles. The van der Waals surface area contributed by atoms with E-state index in [1.54, 1.807) is 6.07 Å². The summed E-state index contributed by atoms with van der Waals surface area (Å²) in [6, 6.07) is 4.71. The van der Waals surface area contributed by atoms with Gasteiger partial charge in [-0.05, 0) is 24.6 Å². The van der Waals surface area contributed by atoms with Crippen LogP contribution in [0, 0.1) is 5.82 Å². The summed E-state index contributed by atoms with van der Waals surface area (Å²) in [4.78, 5) is 14.0. The molecule has 1 aromatic rings. The molecule has 2 heterocycles. The average molecular weight is 327 g/mol. The summed E-state index contributed by atoms with van der Waals surface area (Å²) >= 11 is 5.69. The van der Waals surface area contributed by atoms with Crippen molar-refractivity contribution >= 4 is 23.2 Å². The van der Waals surface area contributed by atoms with Gasteiger partial charge in [-0.15, -0.1) is 0 Å². The van der Waals surface area contributed by atoms with Crippen molar-refractivity contribution in [2.45, 2.75) is 12.5 Å². The zero-order valence-electron chi connectivity index (χ0n) is 11.9. The number of carbonyl (C=O) groups is 1. The second-order valence-electron chi connectivity index (χ2n) is 5.20. The minimum atomic E-state index is -0.440. The molecule has 22 heavy (non-hydrogen) atoms. The maximum absolute atomic E-state index is 13.5. The molecule has 1 amide bonds. The second kappa shape index (κ2) is 6.44. The fourth-order valence-electron chi connectivity index (χ4n) is 2.54. The number of nitrogens with zero attached hydrogens (tertiary/aromatic N) is 1. The Morgan fingerprint density at radius 2 is 2.27 bits per heavy atom. The Bertz CT molecular complexity index is 608. The number of hydrogen-bond donors (Lipinski definition) is 1. The fraction of sp³-hybridized carbons (Fsp3) is 0.400. The number of rotatable bonds is 3. The van der Waals surface area contributed by atoms with E-state index in [4.69, 9.17) is 21.1 Å². The van der Waals surface area contributed by atoms with Gasteiger partial charge in [-0.2, -0.15) is 0 Å². The standard InChI is InChI=1S/C15H16ClFN2O3/c16-12-2-1-11(7-13(12)17)19-4-3-10(8-19)18-15(20)14-9-21-5-6-22-14/h1-2,7,9-10H,3-6,8H2,(H,18,20)/t10-/m0/s1. The van der Waals surface area contributed by atoms with Crippen LogP contribution in [-0.4, -0.2) is 38.3 Å². The number of ether oxygens (including phenoxy) is 2. The van der Waals surface area contributed by atoms with Gasteiger partial charge in [0.15, 0.2) is 0 Å². The molecule has 1 atom stereocenters. The number of anilines is 1. The van der Waals surface area contributed by atoms with E-state index in [-0.39, 0.29) is 22.7 Å². The second-order valence-corrected chi connectivity index (χ2v) is 5.61. The molecule has 1 fully saturated rings. The number of benzene rings is 1. The molecular formula is C15H16ClFN2O3. The number of hydrogen-bond acceptors (Lipinski definition) is 4. The monoisotopic (exact) mass is 326 g/mol. The number of halogens is 2. The van der Waals surface area contributed by atoms with Gasteiger partial charge in [0.05, 0.1) is 5.02 Å². The van der Waals surface area contributed by atoms with Gasteiger partial charge < -0.3 is 19.7 Å². The predicted octanol–water partition coefficient (Wildman–Crippen LogP) is 2.06. The van der Waals surface area contributed by atoms with E-state index in [0.29, 0.717) is 19.8 Å². The normalized spacial score (nSPS) is 20.9. The third kappa shape index (κ3) is 3.27. The van der Waals surface area contributed by atoms with E-state index in [0.717, 1.165) is 18.7 Å². The molecule has 0 saturated carbocycles. The van der Waals surface area contributed by atoms with Crippen molar-refractivity contribution in [3.63, 3.8) is 0 Å². The molecule has 118 valence electrons. The molecular weight excluding hydrogens is 311 g/mol. The molecule has 0 bridgehead atoms. The SMILES string of the molecule is O=C(N[C@H]1CCN(c2ccc(Cl)c(F)c2)C1)C1=COCCO1. The van der Waals surface area contributed by atoms with Crippen LogP contribution in [0.5, 0.6) is 0 Å². The van der Waals surface area contributed by atoms with Crippen molar-refractivity contribution in [3.05, 3.63) is 41.1 Å². The molecule has 2 aliphatic rings. The molecule has 5 nitrogen and oxygen atoms in total. The maximum Gasteiger partial charge on any atom is 0.289 e. The van der Waals surface area contributed by atoms with E-state index < -0.39 is 5.82 Å². The zero-order chi connectivity index (χ0) is 15.5. The molecule has 0 spiro atoms. The summed E-state index contributed by atoms with van der Waals surface area (Å²) < 4.78 is 23.8. The Balaban J connectivity index is 1.59. The fourth-order valence-corrected chi connectivity index (χ4v) is 2.66. The lowest BCUT2D eigenvalue weighted by Gasteiger charge is -2.20. The van der Waals surface area contributed by atoms with Crippen LogP contribution < -0.4 is 10.2 Å². The Labute approximate surface area is 132 Å². The maximum atomic E-state index is 13.5. The lowest BCUT2D eigenvalue weighted by Crippen LogP contribution is -2.39.